The third kappa shape index (κ3) is 3.92. The van der Waals surface area contributed by atoms with Crippen LogP contribution in [0, 0.1) is 0 Å². The lowest BCUT2D eigenvalue weighted by Gasteiger charge is -2.32. The van der Waals surface area contributed by atoms with Gasteiger partial charge in [0.25, 0.3) is 11.5 Å². The highest BCUT2D eigenvalue weighted by molar-refractivity contribution is 6.37. The van der Waals surface area contributed by atoms with E-state index in [-0.39, 0.29) is 21.3 Å². The van der Waals surface area contributed by atoms with Crippen molar-refractivity contribution >= 4 is 34.8 Å². The van der Waals surface area contributed by atoms with Crippen LogP contribution in [0.25, 0.3) is 0 Å². The number of anilines is 1. The molecule has 0 saturated carbocycles. The summed E-state index contributed by atoms with van der Waals surface area (Å²) in [5, 5.41) is 9.66. The van der Waals surface area contributed by atoms with Crippen LogP contribution >= 0.6 is 23.2 Å². The fourth-order valence-electron chi connectivity index (χ4n) is 2.38. The standard InChI is InChI=1S/C17H11Cl2F6NO2/c1-26(14(27)12-7-4-10(18)8-13(12)19)11-5-2-9(3-6-11)15(28,16(20,21)22)17(23,24)25/h2-8,28H,1H3. The van der Waals surface area contributed by atoms with Gasteiger partial charge in [0, 0.05) is 23.3 Å². The summed E-state index contributed by atoms with van der Waals surface area (Å²) in [7, 11) is 1.25. The lowest BCUT2D eigenvalue weighted by molar-refractivity contribution is -0.376. The van der Waals surface area contributed by atoms with Crippen molar-refractivity contribution in [3.8, 4) is 0 Å². The largest absolute Gasteiger partial charge is 0.430 e. The van der Waals surface area contributed by atoms with E-state index in [9.17, 15) is 36.2 Å². The Morgan fingerprint density at radius 3 is 1.86 bits per heavy atom. The van der Waals surface area contributed by atoms with Crippen molar-refractivity contribution in [1.82, 2.24) is 0 Å². The van der Waals surface area contributed by atoms with Gasteiger partial charge in [0.15, 0.2) is 0 Å². The third-order valence-corrected chi connectivity index (χ3v) is 4.51. The number of carbonyl (C=O) groups is 1. The fourth-order valence-corrected chi connectivity index (χ4v) is 2.86. The van der Waals surface area contributed by atoms with Crippen molar-refractivity contribution in [2.45, 2.75) is 18.0 Å². The minimum absolute atomic E-state index is 0.0180. The third-order valence-electron chi connectivity index (χ3n) is 3.96. The first-order valence-corrected chi connectivity index (χ1v) is 8.15. The number of rotatable bonds is 3. The quantitative estimate of drug-likeness (QED) is 0.626. The maximum atomic E-state index is 12.9. The summed E-state index contributed by atoms with van der Waals surface area (Å²) in [5.41, 5.74) is -6.46. The second kappa shape index (κ2) is 7.46. The molecule has 0 aliphatic rings. The molecule has 0 aliphatic carbocycles. The molecule has 1 amide bonds. The van der Waals surface area contributed by atoms with Gasteiger partial charge in [0.1, 0.15) is 0 Å². The second-order valence-corrected chi connectivity index (χ2v) is 6.58. The Labute approximate surface area is 165 Å². The molecule has 11 heteroatoms. The predicted molar refractivity (Wildman–Crippen MR) is 91.6 cm³/mol. The van der Waals surface area contributed by atoms with Gasteiger partial charge < -0.3 is 10.0 Å². The number of amides is 1. The minimum Gasteiger partial charge on any atom is -0.369 e. The summed E-state index contributed by atoms with van der Waals surface area (Å²) in [5.74, 6) is -0.670. The lowest BCUT2D eigenvalue weighted by atomic mass is 9.92. The van der Waals surface area contributed by atoms with E-state index < -0.39 is 29.4 Å². The van der Waals surface area contributed by atoms with Gasteiger partial charge in [0.05, 0.1) is 10.6 Å². The topological polar surface area (TPSA) is 40.5 Å². The molecular formula is C17H11Cl2F6NO2. The summed E-state index contributed by atoms with van der Waals surface area (Å²) < 4.78 is 77.5. The Morgan fingerprint density at radius 1 is 0.929 bits per heavy atom. The number of hydrogen-bond donors (Lipinski definition) is 1. The second-order valence-electron chi connectivity index (χ2n) is 5.74. The van der Waals surface area contributed by atoms with Crippen LogP contribution in [0.3, 0.4) is 0 Å². The van der Waals surface area contributed by atoms with Crippen molar-refractivity contribution in [3.63, 3.8) is 0 Å². The molecule has 0 fully saturated rings. The molecule has 3 nitrogen and oxygen atoms in total. The molecule has 0 radical (unpaired) electrons. The molecule has 0 bridgehead atoms. The monoisotopic (exact) mass is 445 g/mol. The molecule has 0 saturated heterocycles. The summed E-state index contributed by atoms with van der Waals surface area (Å²) in [6, 6.07) is 6.61. The van der Waals surface area contributed by atoms with Crippen LogP contribution in [0.1, 0.15) is 15.9 Å². The zero-order valence-electron chi connectivity index (χ0n) is 13.9. The first-order valence-electron chi connectivity index (χ1n) is 7.39. The molecule has 2 aromatic carbocycles. The van der Waals surface area contributed by atoms with Crippen molar-refractivity contribution in [1.29, 1.82) is 0 Å². The van der Waals surface area contributed by atoms with Gasteiger partial charge in [-0.3, -0.25) is 4.79 Å². The zero-order chi connectivity index (χ0) is 21.5. The SMILES string of the molecule is CN(C(=O)c1ccc(Cl)cc1Cl)c1ccc(C(O)(C(F)(F)F)C(F)(F)F)cc1. The van der Waals surface area contributed by atoms with Crippen LogP contribution in [0.15, 0.2) is 42.5 Å². The zero-order valence-corrected chi connectivity index (χ0v) is 15.4. The maximum Gasteiger partial charge on any atom is 0.430 e. The molecule has 1 N–H and O–H groups in total. The van der Waals surface area contributed by atoms with Crippen LogP contribution in [-0.2, 0) is 5.60 Å². The number of hydrogen-bond acceptors (Lipinski definition) is 2. The summed E-state index contributed by atoms with van der Waals surface area (Å²) >= 11 is 11.7. The summed E-state index contributed by atoms with van der Waals surface area (Å²) in [4.78, 5) is 13.4. The van der Waals surface area contributed by atoms with Gasteiger partial charge in [-0.05, 0) is 30.3 Å². The normalized spacial score (nSPS) is 12.8. The van der Waals surface area contributed by atoms with Crippen molar-refractivity contribution in [2.24, 2.45) is 0 Å². The highest BCUT2D eigenvalue weighted by Gasteiger charge is 2.71. The predicted octanol–water partition coefficient (Wildman–Crippen LogP) is 5.58. The number of benzene rings is 2. The van der Waals surface area contributed by atoms with Gasteiger partial charge in [-0.15, -0.1) is 0 Å². The molecule has 0 aromatic heterocycles. The number of aliphatic hydroxyl groups is 1. The molecule has 2 rings (SSSR count). The van der Waals surface area contributed by atoms with Crippen molar-refractivity contribution in [3.05, 3.63) is 63.6 Å². The van der Waals surface area contributed by atoms with Crippen LogP contribution in [-0.4, -0.2) is 30.4 Å². The van der Waals surface area contributed by atoms with Crippen molar-refractivity contribution in [2.75, 3.05) is 11.9 Å². The average molecular weight is 446 g/mol. The first-order chi connectivity index (χ1) is 12.7. The number of nitrogens with zero attached hydrogens (tertiary/aromatic N) is 1. The fraction of sp³-hybridized carbons (Fsp3) is 0.235. The first kappa shape index (κ1) is 22.3. The van der Waals surface area contributed by atoms with Crippen molar-refractivity contribution < 1.29 is 36.2 Å². The Balaban J connectivity index is 2.39. The number of halogens is 8. The molecule has 152 valence electrons. The van der Waals surface area contributed by atoms with E-state index in [1.165, 1.54) is 25.2 Å². The van der Waals surface area contributed by atoms with E-state index in [0.29, 0.717) is 12.1 Å². The lowest BCUT2D eigenvalue weighted by Crippen LogP contribution is -2.53. The number of alkyl halides is 6. The minimum atomic E-state index is -5.99. The smallest absolute Gasteiger partial charge is 0.369 e. The molecule has 2 aromatic rings. The van der Waals surface area contributed by atoms with E-state index in [2.05, 4.69) is 0 Å². The average Bonchev–Trinajstić information content (AvgIpc) is 2.58. The van der Waals surface area contributed by atoms with E-state index in [1.54, 1.807) is 0 Å². The van der Waals surface area contributed by atoms with E-state index in [4.69, 9.17) is 23.2 Å². The van der Waals surface area contributed by atoms with Gasteiger partial charge in [-0.2, -0.15) is 26.3 Å². The van der Waals surface area contributed by atoms with E-state index in [1.807, 2.05) is 0 Å². The highest BCUT2D eigenvalue weighted by atomic mass is 35.5. The molecule has 28 heavy (non-hydrogen) atoms. The summed E-state index contributed by atoms with van der Waals surface area (Å²) in [6.45, 7) is 0. The molecule has 0 spiro atoms. The van der Waals surface area contributed by atoms with Crippen LogP contribution in [0.5, 0.6) is 0 Å². The molecule has 0 atom stereocenters. The van der Waals surface area contributed by atoms with Crippen LogP contribution in [0.2, 0.25) is 10.0 Å². The van der Waals surface area contributed by atoms with E-state index in [0.717, 1.165) is 17.0 Å². The maximum absolute atomic E-state index is 12.9. The highest BCUT2D eigenvalue weighted by Crippen LogP contribution is 2.50. The van der Waals surface area contributed by atoms with Crippen LogP contribution < -0.4 is 4.90 Å². The van der Waals surface area contributed by atoms with Gasteiger partial charge in [-0.25, -0.2) is 0 Å². The van der Waals surface area contributed by atoms with E-state index >= 15 is 0 Å². The van der Waals surface area contributed by atoms with Gasteiger partial charge in [0.2, 0.25) is 0 Å². The van der Waals surface area contributed by atoms with Gasteiger partial charge in [-0.1, -0.05) is 35.3 Å². The number of carbonyl (C=O) groups excluding carboxylic acids is 1. The summed E-state index contributed by atoms with van der Waals surface area (Å²) in [6.07, 6.45) is -12.0. The van der Waals surface area contributed by atoms with Gasteiger partial charge >= 0.3 is 12.4 Å². The Hall–Kier alpha value is -1.97. The molecule has 0 heterocycles. The van der Waals surface area contributed by atoms with Crippen LogP contribution in [0.4, 0.5) is 32.0 Å². The Kier molecular flexibility index (Phi) is 5.94. The Morgan fingerprint density at radius 2 is 1.43 bits per heavy atom. The molecule has 0 aliphatic heterocycles. The Bertz CT molecular complexity index is 867. The molecule has 0 unspecified atom stereocenters. The molecular weight excluding hydrogens is 435 g/mol.